The monoisotopic (exact) mass is 352 g/mol. The van der Waals surface area contributed by atoms with Gasteiger partial charge in [0.05, 0.1) is 6.61 Å². The topological polar surface area (TPSA) is 54.0 Å². The molecule has 5 atom stereocenters. The number of benzene rings is 1. The molecule has 6 heteroatoms. The van der Waals surface area contributed by atoms with Gasteiger partial charge in [-0.15, -0.1) is 11.6 Å². The van der Waals surface area contributed by atoms with E-state index in [1.807, 2.05) is 44.2 Å². The van der Waals surface area contributed by atoms with Crippen LogP contribution in [0.5, 0.6) is 0 Å². The summed E-state index contributed by atoms with van der Waals surface area (Å²) in [5, 5.41) is 0. The second-order valence-electron chi connectivity index (χ2n) is 7.30. The Bertz CT molecular complexity index is 659. The summed E-state index contributed by atoms with van der Waals surface area (Å²) in [5.41, 5.74) is 0.128. The summed E-state index contributed by atoms with van der Waals surface area (Å²) < 4.78 is 24.1. The molecular weight excluding hydrogens is 332 g/mol. The average molecular weight is 353 g/mol. The van der Waals surface area contributed by atoms with E-state index in [2.05, 4.69) is 0 Å². The molecule has 24 heavy (non-hydrogen) atoms. The first-order chi connectivity index (χ1) is 11.3. The molecule has 0 N–H and O–H groups in total. The van der Waals surface area contributed by atoms with Gasteiger partial charge in [-0.3, -0.25) is 4.79 Å². The van der Waals surface area contributed by atoms with Crippen molar-refractivity contribution in [3.8, 4) is 0 Å². The molecular formula is C18H21ClO5. The lowest BCUT2D eigenvalue weighted by molar-refractivity contribution is -0.261. The molecule has 2 aliphatic heterocycles. The van der Waals surface area contributed by atoms with Gasteiger partial charge in [0.1, 0.15) is 22.7 Å². The number of hydrogen-bond acceptors (Lipinski definition) is 5. The fourth-order valence-corrected chi connectivity index (χ4v) is 4.09. The van der Waals surface area contributed by atoms with Crippen LogP contribution in [-0.2, 0) is 30.3 Å². The second kappa shape index (κ2) is 5.26. The Hall–Kier alpha value is -0.980. The third-order valence-electron chi connectivity index (χ3n) is 5.19. The first kappa shape index (κ1) is 16.5. The van der Waals surface area contributed by atoms with Crippen molar-refractivity contribution in [1.29, 1.82) is 0 Å². The predicted octanol–water partition coefficient (Wildman–Crippen LogP) is 2.79. The number of halogens is 1. The standard InChI is InChI=1S/C18H21ClO5/c1-16(2)22-13-14(21-10-11-7-5-4-6-8-11)18(24-15(13)23-16)9-12(20)17(18,3)19/h4-8,13-15H,9-10H2,1-3H3/t13?,14?,15-,17-,18+/m0/s1. The molecule has 1 spiro atoms. The van der Waals surface area contributed by atoms with Crippen LogP contribution in [0.3, 0.4) is 0 Å². The Balaban J connectivity index is 1.60. The lowest BCUT2D eigenvalue weighted by atomic mass is 9.65. The van der Waals surface area contributed by atoms with Gasteiger partial charge in [0.15, 0.2) is 17.9 Å². The average Bonchev–Trinajstić information content (AvgIpc) is 2.97. The van der Waals surface area contributed by atoms with Crippen molar-refractivity contribution in [2.45, 2.75) is 68.6 Å². The third-order valence-corrected chi connectivity index (χ3v) is 5.72. The van der Waals surface area contributed by atoms with E-state index in [1.165, 1.54) is 0 Å². The van der Waals surface area contributed by atoms with Gasteiger partial charge in [-0.2, -0.15) is 0 Å². The van der Waals surface area contributed by atoms with E-state index in [4.69, 9.17) is 30.5 Å². The first-order valence-corrected chi connectivity index (χ1v) is 8.54. The number of hydrogen-bond donors (Lipinski definition) is 0. The zero-order valence-electron chi connectivity index (χ0n) is 14.0. The van der Waals surface area contributed by atoms with E-state index in [0.717, 1.165) is 5.56 Å². The van der Waals surface area contributed by atoms with E-state index in [1.54, 1.807) is 6.92 Å². The van der Waals surface area contributed by atoms with Crippen molar-refractivity contribution < 1.29 is 23.7 Å². The van der Waals surface area contributed by atoms with Crippen LogP contribution in [0.15, 0.2) is 30.3 Å². The van der Waals surface area contributed by atoms with Crippen LogP contribution in [0.4, 0.5) is 0 Å². The molecule has 2 unspecified atom stereocenters. The molecule has 5 nitrogen and oxygen atoms in total. The molecule has 2 heterocycles. The summed E-state index contributed by atoms with van der Waals surface area (Å²) in [4.78, 5) is 10.9. The fourth-order valence-electron chi connectivity index (χ4n) is 3.80. The van der Waals surface area contributed by atoms with Crippen molar-refractivity contribution in [2.75, 3.05) is 0 Å². The number of ether oxygens (including phenoxy) is 4. The van der Waals surface area contributed by atoms with Crippen LogP contribution in [0.1, 0.15) is 32.8 Å². The fraction of sp³-hybridized carbons (Fsp3) is 0.611. The number of alkyl halides is 1. The van der Waals surface area contributed by atoms with Crippen LogP contribution in [0.2, 0.25) is 0 Å². The smallest absolute Gasteiger partial charge is 0.190 e. The molecule has 0 radical (unpaired) electrons. The molecule has 3 aliphatic rings. The number of carbonyl (C=O) groups excluding carboxylic acids is 1. The first-order valence-electron chi connectivity index (χ1n) is 8.16. The normalized spacial score (nSPS) is 43.0. The maximum absolute atomic E-state index is 12.0. The molecule has 3 fully saturated rings. The highest BCUT2D eigenvalue weighted by molar-refractivity contribution is 6.39. The largest absolute Gasteiger partial charge is 0.367 e. The van der Waals surface area contributed by atoms with E-state index in [-0.39, 0.29) is 12.2 Å². The third kappa shape index (κ3) is 2.26. The quantitative estimate of drug-likeness (QED) is 0.783. The van der Waals surface area contributed by atoms with Crippen molar-refractivity contribution in [3.05, 3.63) is 35.9 Å². The molecule has 2 saturated heterocycles. The number of fused-ring (bicyclic) bond motifs is 1. The second-order valence-corrected chi connectivity index (χ2v) is 8.05. The Kier molecular flexibility index (Phi) is 3.61. The summed E-state index contributed by atoms with van der Waals surface area (Å²) in [6.45, 7) is 5.75. The van der Waals surface area contributed by atoms with Crippen LogP contribution in [0, 0.1) is 0 Å². The molecule has 1 aromatic carbocycles. The lowest BCUT2D eigenvalue weighted by Crippen LogP contribution is -2.71. The number of Topliss-reactive ketones (excluding diaryl/α,β-unsaturated/α-hetero) is 1. The van der Waals surface area contributed by atoms with Crippen LogP contribution in [0.25, 0.3) is 0 Å². The van der Waals surface area contributed by atoms with Gasteiger partial charge >= 0.3 is 0 Å². The molecule has 1 saturated carbocycles. The van der Waals surface area contributed by atoms with Gasteiger partial charge in [-0.25, -0.2) is 0 Å². The van der Waals surface area contributed by atoms with Crippen molar-refractivity contribution >= 4 is 17.4 Å². The molecule has 0 bridgehead atoms. The summed E-state index contributed by atoms with van der Waals surface area (Å²) >= 11 is 6.51. The Morgan fingerprint density at radius 2 is 1.88 bits per heavy atom. The van der Waals surface area contributed by atoms with Crippen molar-refractivity contribution in [3.63, 3.8) is 0 Å². The minimum atomic E-state index is -1.13. The number of ketones is 1. The highest BCUT2D eigenvalue weighted by Crippen LogP contribution is 2.58. The van der Waals surface area contributed by atoms with Crippen molar-refractivity contribution in [1.82, 2.24) is 0 Å². The Morgan fingerprint density at radius 1 is 1.17 bits per heavy atom. The molecule has 1 aromatic rings. The van der Waals surface area contributed by atoms with Gasteiger partial charge in [0, 0.05) is 6.42 Å². The zero-order valence-corrected chi connectivity index (χ0v) is 14.7. The SMILES string of the molecule is CC1(C)OC2C(OCc3ccccc3)[C@@]3(CC(=O)[C@]3(C)Cl)O[C@@H]2O1. The summed E-state index contributed by atoms with van der Waals surface area (Å²) in [6.07, 6.45) is -1.24. The summed E-state index contributed by atoms with van der Waals surface area (Å²) in [6, 6.07) is 9.85. The zero-order chi connectivity index (χ0) is 17.2. The maximum Gasteiger partial charge on any atom is 0.190 e. The van der Waals surface area contributed by atoms with Gasteiger partial charge in [0.2, 0.25) is 0 Å². The number of rotatable bonds is 3. The van der Waals surface area contributed by atoms with Gasteiger partial charge < -0.3 is 18.9 Å². The Morgan fingerprint density at radius 3 is 2.50 bits per heavy atom. The van der Waals surface area contributed by atoms with Crippen LogP contribution < -0.4 is 0 Å². The minimum absolute atomic E-state index is 0.0447. The van der Waals surface area contributed by atoms with Gasteiger partial charge in [0.25, 0.3) is 0 Å². The minimum Gasteiger partial charge on any atom is -0.367 e. The molecule has 1 aliphatic carbocycles. The van der Waals surface area contributed by atoms with Crippen LogP contribution in [-0.4, -0.2) is 40.5 Å². The molecule has 0 amide bonds. The van der Waals surface area contributed by atoms with Gasteiger partial charge in [-0.05, 0) is 26.3 Å². The highest BCUT2D eigenvalue weighted by atomic mass is 35.5. The molecule has 4 rings (SSSR count). The molecule has 130 valence electrons. The van der Waals surface area contributed by atoms with E-state index in [0.29, 0.717) is 6.61 Å². The van der Waals surface area contributed by atoms with E-state index in [9.17, 15) is 4.79 Å². The maximum atomic E-state index is 12.0. The van der Waals surface area contributed by atoms with E-state index < -0.39 is 34.8 Å². The van der Waals surface area contributed by atoms with Gasteiger partial charge in [-0.1, -0.05) is 30.3 Å². The predicted molar refractivity (Wildman–Crippen MR) is 86.5 cm³/mol. The Labute approximate surface area is 146 Å². The summed E-state index contributed by atoms with van der Waals surface area (Å²) in [7, 11) is 0. The highest BCUT2D eigenvalue weighted by Gasteiger charge is 2.76. The van der Waals surface area contributed by atoms with Crippen molar-refractivity contribution in [2.24, 2.45) is 0 Å². The summed E-state index contributed by atoms with van der Waals surface area (Å²) in [5.74, 6) is -0.793. The van der Waals surface area contributed by atoms with E-state index >= 15 is 0 Å². The lowest BCUT2D eigenvalue weighted by Gasteiger charge is -2.52. The molecule has 0 aromatic heterocycles. The van der Waals surface area contributed by atoms with Crippen LogP contribution >= 0.6 is 11.6 Å². The number of carbonyl (C=O) groups is 1.